The Balaban J connectivity index is 2.78. The summed E-state index contributed by atoms with van der Waals surface area (Å²) in [5.74, 6) is 0.220. The summed E-state index contributed by atoms with van der Waals surface area (Å²) >= 11 is 0. The molecule has 4 nitrogen and oxygen atoms in total. The lowest BCUT2D eigenvalue weighted by Gasteiger charge is -2.06. The van der Waals surface area contributed by atoms with Crippen molar-refractivity contribution in [1.29, 1.82) is 0 Å². The summed E-state index contributed by atoms with van der Waals surface area (Å²) in [6, 6.07) is 3.40. The summed E-state index contributed by atoms with van der Waals surface area (Å²) in [6.07, 6.45) is 2.50. The number of methoxy groups -OCH3 is 1. The molecular weight excluding hydrogens is 180 g/mol. The van der Waals surface area contributed by atoms with Gasteiger partial charge in [-0.15, -0.1) is 0 Å². The van der Waals surface area contributed by atoms with Gasteiger partial charge in [0.25, 0.3) is 5.91 Å². The molecule has 0 saturated carbocycles. The molecule has 0 saturated heterocycles. The zero-order chi connectivity index (χ0) is 10.4. The first-order valence-electron chi connectivity index (χ1n) is 4.56. The van der Waals surface area contributed by atoms with Crippen molar-refractivity contribution in [3.05, 3.63) is 23.9 Å². The van der Waals surface area contributed by atoms with Gasteiger partial charge in [0, 0.05) is 12.7 Å². The van der Waals surface area contributed by atoms with Crippen LogP contribution in [-0.4, -0.2) is 24.5 Å². The van der Waals surface area contributed by atoms with Crippen molar-refractivity contribution in [2.75, 3.05) is 13.7 Å². The van der Waals surface area contributed by atoms with Crippen LogP contribution in [0.5, 0.6) is 5.88 Å². The largest absolute Gasteiger partial charge is 0.480 e. The van der Waals surface area contributed by atoms with Gasteiger partial charge in [0.05, 0.1) is 7.11 Å². The van der Waals surface area contributed by atoms with Crippen molar-refractivity contribution in [1.82, 2.24) is 10.3 Å². The molecule has 76 valence electrons. The number of hydrogen-bond acceptors (Lipinski definition) is 3. The average Bonchev–Trinajstić information content (AvgIpc) is 2.25. The first-order chi connectivity index (χ1) is 6.79. The number of aromatic nitrogens is 1. The second-order valence-corrected chi connectivity index (χ2v) is 2.82. The van der Waals surface area contributed by atoms with Crippen LogP contribution in [0.25, 0.3) is 0 Å². The quantitative estimate of drug-likeness (QED) is 0.784. The van der Waals surface area contributed by atoms with E-state index >= 15 is 0 Å². The molecule has 1 rings (SSSR count). The number of pyridine rings is 1. The number of ether oxygens (including phenoxy) is 1. The van der Waals surface area contributed by atoms with Crippen molar-refractivity contribution in [2.45, 2.75) is 13.3 Å². The van der Waals surface area contributed by atoms with Crippen LogP contribution >= 0.6 is 0 Å². The van der Waals surface area contributed by atoms with Gasteiger partial charge in [-0.05, 0) is 18.6 Å². The lowest BCUT2D eigenvalue weighted by atomic mass is 10.2. The molecule has 0 spiro atoms. The zero-order valence-corrected chi connectivity index (χ0v) is 8.41. The molecule has 1 aromatic rings. The molecule has 0 unspecified atom stereocenters. The van der Waals surface area contributed by atoms with E-state index in [1.54, 1.807) is 18.3 Å². The highest BCUT2D eigenvalue weighted by Gasteiger charge is 2.11. The number of nitrogens with one attached hydrogen (secondary N) is 1. The number of carbonyl (C=O) groups excluding carboxylic acids is 1. The number of amides is 1. The minimum absolute atomic E-state index is 0.142. The standard InChI is InChI=1S/C10H14N2O2/c1-3-6-11-9(13)8-5-4-7-12-10(8)14-2/h4-5,7H,3,6H2,1-2H3,(H,11,13). The summed E-state index contributed by atoms with van der Waals surface area (Å²) in [5, 5.41) is 2.76. The Hall–Kier alpha value is -1.58. The predicted octanol–water partition coefficient (Wildman–Crippen LogP) is 1.23. The normalized spacial score (nSPS) is 9.57. The van der Waals surface area contributed by atoms with Crippen LogP contribution in [0.15, 0.2) is 18.3 Å². The van der Waals surface area contributed by atoms with Crippen molar-refractivity contribution >= 4 is 5.91 Å². The summed E-state index contributed by atoms with van der Waals surface area (Å²) in [7, 11) is 1.50. The Bertz CT molecular complexity index is 313. The van der Waals surface area contributed by atoms with Crippen LogP contribution in [0.1, 0.15) is 23.7 Å². The molecule has 0 aliphatic heterocycles. The van der Waals surface area contributed by atoms with Crippen molar-refractivity contribution in [3.8, 4) is 5.88 Å². The van der Waals surface area contributed by atoms with Crippen LogP contribution in [0.4, 0.5) is 0 Å². The Kier molecular flexibility index (Phi) is 3.91. The minimum atomic E-state index is -0.142. The van der Waals surface area contributed by atoms with E-state index in [2.05, 4.69) is 10.3 Å². The second kappa shape index (κ2) is 5.21. The first-order valence-corrected chi connectivity index (χ1v) is 4.56. The molecular formula is C10H14N2O2. The van der Waals surface area contributed by atoms with Gasteiger partial charge in [0.2, 0.25) is 5.88 Å². The maximum atomic E-state index is 11.6. The van der Waals surface area contributed by atoms with E-state index in [0.29, 0.717) is 18.0 Å². The SMILES string of the molecule is CCCNC(=O)c1cccnc1OC. The van der Waals surface area contributed by atoms with Crippen LogP contribution in [0, 0.1) is 0 Å². The van der Waals surface area contributed by atoms with Gasteiger partial charge in [-0.2, -0.15) is 0 Å². The monoisotopic (exact) mass is 194 g/mol. The van der Waals surface area contributed by atoms with Crippen LogP contribution in [-0.2, 0) is 0 Å². The number of nitrogens with zero attached hydrogens (tertiary/aromatic N) is 1. The highest BCUT2D eigenvalue weighted by molar-refractivity contribution is 5.96. The van der Waals surface area contributed by atoms with Crippen LogP contribution < -0.4 is 10.1 Å². The third-order valence-electron chi connectivity index (χ3n) is 1.74. The summed E-state index contributed by atoms with van der Waals surface area (Å²) < 4.78 is 4.97. The molecule has 1 N–H and O–H groups in total. The van der Waals surface area contributed by atoms with E-state index in [-0.39, 0.29) is 5.91 Å². The predicted molar refractivity (Wildman–Crippen MR) is 53.4 cm³/mol. The van der Waals surface area contributed by atoms with E-state index in [9.17, 15) is 4.79 Å². The van der Waals surface area contributed by atoms with Gasteiger partial charge in [0.15, 0.2) is 0 Å². The smallest absolute Gasteiger partial charge is 0.256 e. The molecule has 0 radical (unpaired) electrons. The topological polar surface area (TPSA) is 51.2 Å². The maximum Gasteiger partial charge on any atom is 0.256 e. The molecule has 0 aliphatic rings. The van der Waals surface area contributed by atoms with E-state index in [1.165, 1.54) is 7.11 Å². The van der Waals surface area contributed by atoms with Gasteiger partial charge in [-0.1, -0.05) is 6.92 Å². The van der Waals surface area contributed by atoms with Crippen molar-refractivity contribution in [3.63, 3.8) is 0 Å². The molecule has 0 atom stereocenters. The highest BCUT2D eigenvalue weighted by atomic mass is 16.5. The Morgan fingerprint density at radius 1 is 1.64 bits per heavy atom. The van der Waals surface area contributed by atoms with Gasteiger partial charge in [-0.3, -0.25) is 4.79 Å². The van der Waals surface area contributed by atoms with Crippen LogP contribution in [0.2, 0.25) is 0 Å². The number of rotatable bonds is 4. The molecule has 14 heavy (non-hydrogen) atoms. The molecule has 0 aliphatic carbocycles. The van der Waals surface area contributed by atoms with Gasteiger partial charge in [0.1, 0.15) is 5.56 Å². The summed E-state index contributed by atoms with van der Waals surface area (Å²) in [5.41, 5.74) is 0.475. The zero-order valence-electron chi connectivity index (χ0n) is 8.41. The lowest BCUT2D eigenvalue weighted by molar-refractivity contribution is 0.0950. The van der Waals surface area contributed by atoms with Crippen molar-refractivity contribution < 1.29 is 9.53 Å². The Labute approximate surface area is 83.3 Å². The molecule has 1 amide bonds. The lowest BCUT2D eigenvalue weighted by Crippen LogP contribution is -2.24. The third kappa shape index (κ3) is 2.45. The van der Waals surface area contributed by atoms with Gasteiger partial charge < -0.3 is 10.1 Å². The molecule has 1 heterocycles. The molecule has 0 aromatic carbocycles. The summed E-state index contributed by atoms with van der Waals surface area (Å²) in [4.78, 5) is 15.5. The van der Waals surface area contributed by atoms with Gasteiger partial charge >= 0.3 is 0 Å². The number of carbonyl (C=O) groups is 1. The maximum absolute atomic E-state index is 11.6. The summed E-state index contributed by atoms with van der Waals surface area (Å²) in [6.45, 7) is 2.66. The van der Waals surface area contributed by atoms with Gasteiger partial charge in [-0.25, -0.2) is 4.98 Å². The fourth-order valence-corrected chi connectivity index (χ4v) is 1.06. The van der Waals surface area contributed by atoms with E-state index in [4.69, 9.17) is 4.74 Å². The number of hydrogen-bond donors (Lipinski definition) is 1. The molecule has 0 fully saturated rings. The molecule has 0 bridgehead atoms. The third-order valence-corrected chi connectivity index (χ3v) is 1.74. The van der Waals surface area contributed by atoms with Crippen LogP contribution in [0.3, 0.4) is 0 Å². The highest BCUT2D eigenvalue weighted by Crippen LogP contribution is 2.12. The molecule has 4 heteroatoms. The second-order valence-electron chi connectivity index (χ2n) is 2.82. The fraction of sp³-hybridized carbons (Fsp3) is 0.400. The molecule has 1 aromatic heterocycles. The Morgan fingerprint density at radius 3 is 3.07 bits per heavy atom. The van der Waals surface area contributed by atoms with E-state index in [0.717, 1.165) is 6.42 Å². The Morgan fingerprint density at radius 2 is 2.43 bits per heavy atom. The first kappa shape index (κ1) is 10.5. The van der Waals surface area contributed by atoms with E-state index < -0.39 is 0 Å². The average molecular weight is 194 g/mol. The van der Waals surface area contributed by atoms with E-state index in [1.807, 2.05) is 6.92 Å². The fourth-order valence-electron chi connectivity index (χ4n) is 1.06. The minimum Gasteiger partial charge on any atom is -0.480 e. The van der Waals surface area contributed by atoms with Crippen molar-refractivity contribution in [2.24, 2.45) is 0 Å².